The largest absolute Gasteiger partial charge is 0.460 e. The van der Waals surface area contributed by atoms with Gasteiger partial charge in [-0.05, 0) is 37.3 Å². The van der Waals surface area contributed by atoms with Gasteiger partial charge in [0, 0.05) is 11.5 Å². The average molecular weight is 282 g/mol. The molecule has 106 valence electrons. The molecule has 4 nitrogen and oxygen atoms in total. The summed E-state index contributed by atoms with van der Waals surface area (Å²) < 4.78 is 16.2. The van der Waals surface area contributed by atoms with E-state index in [9.17, 15) is 4.79 Å². The summed E-state index contributed by atoms with van der Waals surface area (Å²) in [4.78, 5) is 11.6. The number of carbonyl (C=O) groups is 1. The maximum Gasteiger partial charge on any atom is 0.374 e. The second kappa shape index (κ2) is 5.71. The minimum absolute atomic E-state index is 0.198. The van der Waals surface area contributed by atoms with Crippen molar-refractivity contribution in [1.82, 2.24) is 0 Å². The topological polar surface area (TPSA) is 48.7 Å². The van der Waals surface area contributed by atoms with Gasteiger partial charge in [-0.15, -0.1) is 0 Å². The van der Waals surface area contributed by atoms with Crippen LogP contribution < -0.4 is 4.74 Å². The molecular weight excluding hydrogens is 268 g/mol. The van der Waals surface area contributed by atoms with Crippen LogP contribution in [0.4, 0.5) is 0 Å². The normalized spacial score (nSPS) is 10.5. The maximum absolute atomic E-state index is 11.6. The summed E-state index contributed by atoms with van der Waals surface area (Å²) in [6.07, 6.45) is 0. The Hall–Kier alpha value is -2.75. The van der Waals surface area contributed by atoms with Crippen molar-refractivity contribution in [3.63, 3.8) is 0 Å². The molecule has 0 saturated heterocycles. The quantitative estimate of drug-likeness (QED) is 0.665. The van der Waals surface area contributed by atoms with Crippen molar-refractivity contribution in [3.8, 4) is 11.5 Å². The van der Waals surface area contributed by atoms with E-state index in [0.29, 0.717) is 17.9 Å². The van der Waals surface area contributed by atoms with Crippen molar-refractivity contribution in [1.29, 1.82) is 0 Å². The number of carbonyl (C=O) groups excluding carboxylic acids is 1. The molecule has 0 atom stereocenters. The first-order valence-electron chi connectivity index (χ1n) is 6.70. The van der Waals surface area contributed by atoms with Crippen LogP contribution in [0, 0.1) is 0 Å². The fraction of sp³-hybridized carbons (Fsp3) is 0.118. The Bertz CT molecular complexity index is 759. The predicted molar refractivity (Wildman–Crippen MR) is 78.7 cm³/mol. The third-order valence-corrected chi connectivity index (χ3v) is 2.95. The van der Waals surface area contributed by atoms with E-state index < -0.39 is 5.97 Å². The number of hydrogen-bond acceptors (Lipinski definition) is 4. The van der Waals surface area contributed by atoms with E-state index >= 15 is 0 Å². The first kappa shape index (κ1) is 13.2. The number of ether oxygens (including phenoxy) is 2. The van der Waals surface area contributed by atoms with Gasteiger partial charge >= 0.3 is 5.97 Å². The van der Waals surface area contributed by atoms with E-state index in [4.69, 9.17) is 13.9 Å². The van der Waals surface area contributed by atoms with Crippen LogP contribution in [0.3, 0.4) is 0 Å². The summed E-state index contributed by atoms with van der Waals surface area (Å²) in [5.74, 6) is 1.13. The minimum Gasteiger partial charge on any atom is -0.460 e. The zero-order valence-corrected chi connectivity index (χ0v) is 11.5. The maximum atomic E-state index is 11.6. The molecule has 1 heterocycles. The van der Waals surface area contributed by atoms with Crippen molar-refractivity contribution in [2.75, 3.05) is 6.61 Å². The van der Waals surface area contributed by atoms with E-state index in [0.717, 1.165) is 11.1 Å². The van der Waals surface area contributed by atoms with Crippen LogP contribution in [0.1, 0.15) is 17.5 Å². The molecule has 0 spiro atoms. The van der Waals surface area contributed by atoms with Crippen molar-refractivity contribution < 1.29 is 18.7 Å². The van der Waals surface area contributed by atoms with Crippen LogP contribution in [0.15, 0.2) is 59.0 Å². The van der Waals surface area contributed by atoms with Gasteiger partial charge in [0.2, 0.25) is 5.76 Å². The van der Waals surface area contributed by atoms with Gasteiger partial charge in [0.15, 0.2) is 0 Å². The Labute approximate surface area is 121 Å². The smallest absolute Gasteiger partial charge is 0.374 e. The van der Waals surface area contributed by atoms with Gasteiger partial charge in [-0.3, -0.25) is 0 Å². The van der Waals surface area contributed by atoms with Gasteiger partial charge < -0.3 is 13.9 Å². The first-order chi connectivity index (χ1) is 10.3. The van der Waals surface area contributed by atoms with Gasteiger partial charge in [-0.2, -0.15) is 0 Å². The zero-order valence-electron chi connectivity index (χ0n) is 11.5. The number of hydrogen-bond donors (Lipinski definition) is 0. The van der Waals surface area contributed by atoms with Gasteiger partial charge in [-0.1, -0.05) is 18.2 Å². The minimum atomic E-state index is -0.459. The van der Waals surface area contributed by atoms with Gasteiger partial charge in [-0.25, -0.2) is 4.79 Å². The van der Waals surface area contributed by atoms with Crippen molar-refractivity contribution in [3.05, 3.63) is 60.4 Å². The third-order valence-electron chi connectivity index (χ3n) is 2.95. The van der Waals surface area contributed by atoms with E-state index in [1.54, 1.807) is 19.1 Å². The fourth-order valence-electron chi connectivity index (χ4n) is 2.00. The number of esters is 1. The number of para-hydroxylation sites is 1. The Balaban J connectivity index is 1.88. The molecule has 0 radical (unpaired) electrons. The second-order valence-electron chi connectivity index (χ2n) is 4.45. The highest BCUT2D eigenvalue weighted by molar-refractivity contribution is 5.92. The highest BCUT2D eigenvalue weighted by atomic mass is 16.5. The molecule has 0 aliphatic heterocycles. The van der Waals surface area contributed by atoms with Crippen LogP contribution in [0.5, 0.6) is 11.5 Å². The number of furan rings is 1. The second-order valence-corrected chi connectivity index (χ2v) is 4.45. The molecule has 3 aromatic rings. The van der Waals surface area contributed by atoms with Crippen LogP contribution >= 0.6 is 0 Å². The number of fused-ring (bicyclic) bond motifs is 1. The monoisotopic (exact) mass is 282 g/mol. The predicted octanol–water partition coefficient (Wildman–Crippen LogP) is 4.40. The summed E-state index contributed by atoms with van der Waals surface area (Å²) >= 11 is 0. The molecule has 2 aromatic carbocycles. The molecule has 0 fully saturated rings. The van der Waals surface area contributed by atoms with Crippen molar-refractivity contribution in [2.45, 2.75) is 6.92 Å². The molecule has 0 N–H and O–H groups in total. The molecule has 0 unspecified atom stereocenters. The van der Waals surface area contributed by atoms with Crippen LogP contribution in [0.2, 0.25) is 0 Å². The van der Waals surface area contributed by atoms with E-state index in [1.165, 1.54) is 0 Å². The lowest BCUT2D eigenvalue weighted by atomic mass is 10.2. The number of rotatable bonds is 4. The molecule has 0 aliphatic rings. The number of benzene rings is 2. The molecule has 0 aliphatic carbocycles. The lowest BCUT2D eigenvalue weighted by Crippen LogP contribution is -2.02. The standard InChI is InChI=1S/C17H14O4/c1-2-19-17(18)16-10-12-8-9-14(11-15(12)21-16)20-13-6-4-3-5-7-13/h3-11H,2H2,1H3. The Kier molecular flexibility index (Phi) is 3.60. The lowest BCUT2D eigenvalue weighted by Gasteiger charge is -2.04. The molecule has 3 rings (SSSR count). The van der Waals surface area contributed by atoms with E-state index in [1.807, 2.05) is 42.5 Å². The summed E-state index contributed by atoms with van der Waals surface area (Å²) in [6.45, 7) is 2.07. The van der Waals surface area contributed by atoms with E-state index in [-0.39, 0.29) is 5.76 Å². The highest BCUT2D eigenvalue weighted by Crippen LogP contribution is 2.27. The van der Waals surface area contributed by atoms with Gasteiger partial charge in [0.05, 0.1) is 6.61 Å². The van der Waals surface area contributed by atoms with Crippen LogP contribution in [0.25, 0.3) is 11.0 Å². The molecule has 0 saturated carbocycles. The van der Waals surface area contributed by atoms with Crippen molar-refractivity contribution in [2.24, 2.45) is 0 Å². The Morgan fingerprint density at radius 1 is 1.05 bits per heavy atom. The summed E-state index contributed by atoms with van der Waals surface area (Å²) in [5.41, 5.74) is 0.589. The summed E-state index contributed by atoms with van der Waals surface area (Å²) in [6, 6.07) is 16.6. The molecule has 4 heteroatoms. The van der Waals surface area contributed by atoms with Crippen LogP contribution in [-0.4, -0.2) is 12.6 Å². The van der Waals surface area contributed by atoms with Crippen molar-refractivity contribution >= 4 is 16.9 Å². The van der Waals surface area contributed by atoms with Gasteiger partial charge in [0.1, 0.15) is 17.1 Å². The zero-order chi connectivity index (χ0) is 14.7. The fourth-order valence-corrected chi connectivity index (χ4v) is 2.00. The molecule has 0 bridgehead atoms. The Morgan fingerprint density at radius 3 is 2.62 bits per heavy atom. The Morgan fingerprint density at radius 2 is 1.86 bits per heavy atom. The summed E-state index contributed by atoms with van der Waals surface area (Å²) in [5, 5.41) is 0.832. The van der Waals surface area contributed by atoms with Gasteiger partial charge in [0.25, 0.3) is 0 Å². The highest BCUT2D eigenvalue weighted by Gasteiger charge is 2.13. The van der Waals surface area contributed by atoms with E-state index in [2.05, 4.69) is 0 Å². The molecule has 21 heavy (non-hydrogen) atoms. The third kappa shape index (κ3) is 2.89. The first-order valence-corrected chi connectivity index (χ1v) is 6.70. The molecular formula is C17H14O4. The van der Waals surface area contributed by atoms with Crippen LogP contribution in [-0.2, 0) is 4.74 Å². The molecule has 1 aromatic heterocycles. The SMILES string of the molecule is CCOC(=O)c1cc2ccc(Oc3ccccc3)cc2o1. The average Bonchev–Trinajstić information content (AvgIpc) is 2.92. The summed E-state index contributed by atoms with van der Waals surface area (Å²) in [7, 11) is 0. The lowest BCUT2D eigenvalue weighted by molar-refractivity contribution is 0.0492. The molecule has 0 amide bonds.